The molecule has 0 aliphatic carbocycles. The normalized spacial score (nSPS) is 12.8. The Morgan fingerprint density at radius 3 is 2.31 bits per heavy atom. The van der Waals surface area contributed by atoms with Crippen molar-refractivity contribution in [2.24, 2.45) is 0 Å². The summed E-state index contributed by atoms with van der Waals surface area (Å²) in [7, 11) is 0. The van der Waals surface area contributed by atoms with Crippen LogP contribution in [-0.2, 0) is 4.79 Å². The highest BCUT2D eigenvalue weighted by Gasteiger charge is 2.18. The Kier molecular flexibility index (Phi) is 6.78. The summed E-state index contributed by atoms with van der Waals surface area (Å²) in [6.07, 6.45) is 0.242. The van der Waals surface area contributed by atoms with Gasteiger partial charge in [0.2, 0.25) is 0 Å². The van der Waals surface area contributed by atoms with Crippen LogP contribution in [0.3, 0.4) is 0 Å². The molecule has 0 saturated carbocycles. The van der Waals surface area contributed by atoms with E-state index in [9.17, 15) is 9.59 Å². The number of nitrogens with one attached hydrogen (secondary N) is 2. The lowest BCUT2D eigenvalue weighted by Crippen LogP contribution is -2.47. The molecule has 0 bridgehead atoms. The molecule has 0 aliphatic heterocycles. The molecule has 0 saturated heterocycles. The summed E-state index contributed by atoms with van der Waals surface area (Å²) in [4.78, 5) is 24.3. The topological polar surface area (TPSA) is 67.4 Å². The van der Waals surface area contributed by atoms with E-state index in [0.717, 1.165) is 17.5 Å². The number of carbonyl (C=O) groups is 2. The van der Waals surface area contributed by atoms with Crippen LogP contribution in [0.2, 0.25) is 0 Å². The molecule has 2 aromatic carbocycles. The van der Waals surface area contributed by atoms with Crippen molar-refractivity contribution in [3.05, 3.63) is 65.2 Å². The second kappa shape index (κ2) is 9.04. The second-order valence-electron chi connectivity index (χ2n) is 6.42. The number of hydrogen-bond acceptors (Lipinski definition) is 3. The maximum Gasteiger partial charge on any atom is 0.279 e. The standard InChI is InChI=1S/C21H26N2O3/c1-5-15(3)18-8-6-7-9-19(18)26-16(4)20(24)22-23-21(25)17-12-10-14(2)11-13-17/h6-13,15-16H,5H2,1-4H3,(H,22,24)(H,23,25). The van der Waals surface area contributed by atoms with E-state index in [1.54, 1.807) is 19.1 Å². The van der Waals surface area contributed by atoms with E-state index >= 15 is 0 Å². The van der Waals surface area contributed by atoms with Crippen LogP contribution in [0, 0.1) is 6.92 Å². The van der Waals surface area contributed by atoms with Gasteiger partial charge in [-0.2, -0.15) is 0 Å². The van der Waals surface area contributed by atoms with E-state index in [1.165, 1.54) is 0 Å². The summed E-state index contributed by atoms with van der Waals surface area (Å²) in [5.74, 6) is 0.243. The van der Waals surface area contributed by atoms with Gasteiger partial charge in [-0.1, -0.05) is 49.7 Å². The summed E-state index contributed by atoms with van der Waals surface area (Å²) < 4.78 is 5.82. The minimum Gasteiger partial charge on any atom is -0.481 e. The van der Waals surface area contributed by atoms with Crippen molar-refractivity contribution in [2.75, 3.05) is 0 Å². The number of para-hydroxylation sites is 1. The van der Waals surface area contributed by atoms with Gasteiger partial charge in [0.05, 0.1) is 0 Å². The summed E-state index contributed by atoms with van der Waals surface area (Å²) in [5, 5.41) is 0. The van der Waals surface area contributed by atoms with Crippen molar-refractivity contribution in [3.63, 3.8) is 0 Å². The fourth-order valence-electron chi connectivity index (χ4n) is 2.46. The maximum atomic E-state index is 12.2. The largest absolute Gasteiger partial charge is 0.481 e. The van der Waals surface area contributed by atoms with Crippen LogP contribution in [0.15, 0.2) is 48.5 Å². The van der Waals surface area contributed by atoms with Gasteiger partial charge in [-0.05, 0) is 49.9 Å². The molecule has 2 atom stereocenters. The molecule has 0 aliphatic rings. The van der Waals surface area contributed by atoms with E-state index in [-0.39, 0.29) is 5.91 Å². The van der Waals surface area contributed by atoms with E-state index in [2.05, 4.69) is 24.7 Å². The Morgan fingerprint density at radius 1 is 1.00 bits per heavy atom. The van der Waals surface area contributed by atoms with Crippen LogP contribution >= 0.6 is 0 Å². The van der Waals surface area contributed by atoms with Crippen molar-refractivity contribution in [1.82, 2.24) is 10.9 Å². The Hall–Kier alpha value is -2.82. The third-order valence-electron chi connectivity index (χ3n) is 4.35. The molecule has 26 heavy (non-hydrogen) atoms. The first kappa shape index (κ1) is 19.5. The molecule has 0 spiro atoms. The van der Waals surface area contributed by atoms with Gasteiger partial charge in [0.15, 0.2) is 6.10 Å². The van der Waals surface area contributed by atoms with E-state index in [1.807, 2.05) is 43.3 Å². The van der Waals surface area contributed by atoms with Crippen LogP contribution in [0.4, 0.5) is 0 Å². The van der Waals surface area contributed by atoms with Gasteiger partial charge >= 0.3 is 0 Å². The predicted molar refractivity (Wildman–Crippen MR) is 102 cm³/mol. The summed E-state index contributed by atoms with van der Waals surface area (Å²) in [6.45, 7) is 7.83. The van der Waals surface area contributed by atoms with Crippen molar-refractivity contribution in [1.29, 1.82) is 0 Å². The van der Waals surface area contributed by atoms with Crippen molar-refractivity contribution in [3.8, 4) is 5.75 Å². The third kappa shape index (κ3) is 5.09. The minimum absolute atomic E-state index is 0.336. The average Bonchev–Trinajstić information content (AvgIpc) is 2.66. The molecule has 2 N–H and O–H groups in total. The average molecular weight is 354 g/mol. The molecule has 138 valence electrons. The highest BCUT2D eigenvalue weighted by atomic mass is 16.5. The van der Waals surface area contributed by atoms with Crippen molar-refractivity contribution in [2.45, 2.75) is 46.1 Å². The number of amides is 2. The molecular weight excluding hydrogens is 328 g/mol. The van der Waals surface area contributed by atoms with Gasteiger partial charge < -0.3 is 4.74 Å². The van der Waals surface area contributed by atoms with Gasteiger partial charge in [0.1, 0.15) is 5.75 Å². The highest BCUT2D eigenvalue weighted by molar-refractivity contribution is 5.95. The molecule has 0 heterocycles. The molecule has 0 aromatic heterocycles. The number of hydrazine groups is 1. The fraction of sp³-hybridized carbons (Fsp3) is 0.333. The van der Waals surface area contributed by atoms with Gasteiger partial charge in [-0.15, -0.1) is 0 Å². The predicted octanol–water partition coefficient (Wildman–Crippen LogP) is 3.74. The van der Waals surface area contributed by atoms with Gasteiger partial charge in [-0.25, -0.2) is 0 Å². The summed E-state index contributed by atoms with van der Waals surface area (Å²) in [5.41, 5.74) is 7.44. The van der Waals surface area contributed by atoms with Crippen molar-refractivity contribution < 1.29 is 14.3 Å². The number of aryl methyl sites for hydroxylation is 1. The summed E-state index contributed by atoms with van der Waals surface area (Å²) in [6, 6.07) is 14.8. The number of benzene rings is 2. The molecule has 0 radical (unpaired) electrons. The summed E-state index contributed by atoms with van der Waals surface area (Å²) >= 11 is 0. The quantitative estimate of drug-likeness (QED) is 0.777. The van der Waals surface area contributed by atoms with E-state index in [0.29, 0.717) is 17.2 Å². The lowest BCUT2D eigenvalue weighted by Gasteiger charge is -2.19. The lowest BCUT2D eigenvalue weighted by atomic mass is 9.98. The highest BCUT2D eigenvalue weighted by Crippen LogP contribution is 2.29. The van der Waals surface area contributed by atoms with Crippen LogP contribution in [0.1, 0.15) is 54.6 Å². The zero-order valence-corrected chi connectivity index (χ0v) is 15.7. The molecule has 2 rings (SSSR count). The molecular formula is C21H26N2O3. The Balaban J connectivity index is 1.94. The van der Waals surface area contributed by atoms with E-state index in [4.69, 9.17) is 4.74 Å². The Morgan fingerprint density at radius 2 is 1.65 bits per heavy atom. The molecule has 2 unspecified atom stereocenters. The first-order valence-electron chi connectivity index (χ1n) is 8.84. The molecule has 2 aromatic rings. The Bertz CT molecular complexity index is 756. The van der Waals surface area contributed by atoms with Crippen LogP contribution < -0.4 is 15.6 Å². The number of ether oxygens (including phenoxy) is 1. The molecule has 2 amide bonds. The Labute approximate surface area is 154 Å². The zero-order chi connectivity index (χ0) is 19.1. The maximum absolute atomic E-state index is 12.2. The zero-order valence-electron chi connectivity index (χ0n) is 15.7. The SMILES string of the molecule is CCC(C)c1ccccc1OC(C)C(=O)NNC(=O)c1ccc(C)cc1. The first-order valence-corrected chi connectivity index (χ1v) is 8.84. The molecule has 0 fully saturated rings. The molecule has 5 nitrogen and oxygen atoms in total. The number of hydrogen-bond donors (Lipinski definition) is 2. The van der Waals surface area contributed by atoms with Gasteiger partial charge in [-0.3, -0.25) is 20.4 Å². The fourth-order valence-corrected chi connectivity index (χ4v) is 2.46. The monoisotopic (exact) mass is 354 g/mol. The van der Waals surface area contributed by atoms with Crippen LogP contribution in [0.25, 0.3) is 0 Å². The first-order chi connectivity index (χ1) is 12.4. The second-order valence-corrected chi connectivity index (χ2v) is 6.42. The lowest BCUT2D eigenvalue weighted by molar-refractivity contribution is -0.128. The number of rotatable bonds is 6. The minimum atomic E-state index is -0.737. The van der Waals surface area contributed by atoms with Gasteiger partial charge in [0.25, 0.3) is 11.8 Å². The van der Waals surface area contributed by atoms with E-state index < -0.39 is 12.0 Å². The number of carbonyl (C=O) groups excluding carboxylic acids is 2. The van der Waals surface area contributed by atoms with Crippen molar-refractivity contribution >= 4 is 11.8 Å². The smallest absolute Gasteiger partial charge is 0.279 e. The van der Waals surface area contributed by atoms with Gasteiger partial charge in [0, 0.05) is 5.56 Å². The van der Waals surface area contributed by atoms with Crippen LogP contribution in [-0.4, -0.2) is 17.9 Å². The third-order valence-corrected chi connectivity index (χ3v) is 4.35. The molecule has 5 heteroatoms. The van der Waals surface area contributed by atoms with Crippen LogP contribution in [0.5, 0.6) is 5.75 Å².